The molecule has 0 aliphatic rings. The maximum Gasteiger partial charge on any atom is 0.00887 e. The van der Waals surface area contributed by atoms with Crippen LogP contribution in [0.3, 0.4) is 0 Å². The molecule has 0 aromatic carbocycles. The number of rotatable bonds is 23. The fourth-order valence-electron chi connectivity index (χ4n) is 4.48. The Morgan fingerprint density at radius 3 is 1.23 bits per heavy atom. The normalized spacial score (nSPS) is 12.0. The summed E-state index contributed by atoms with van der Waals surface area (Å²) >= 11 is 0. The molecule has 0 radical (unpaired) electrons. The highest BCUT2D eigenvalue weighted by Gasteiger charge is 2.05. The molecule has 0 fully saturated rings. The van der Waals surface area contributed by atoms with Gasteiger partial charge in [0.25, 0.3) is 0 Å². The third-order valence-electron chi connectivity index (χ3n) is 6.74. The molecule has 0 rings (SSSR count). The third-order valence-corrected chi connectivity index (χ3v) is 6.74. The minimum atomic E-state index is 0.953. The number of hydrogen-bond donors (Lipinski definition) is 0. The molecular formula is C30H58. The number of hydrogen-bond acceptors (Lipinski definition) is 0. The highest BCUT2D eigenvalue weighted by atomic mass is 14.1. The van der Waals surface area contributed by atoms with Crippen molar-refractivity contribution in [2.75, 3.05) is 0 Å². The first-order valence-corrected chi connectivity index (χ1v) is 14.3. The van der Waals surface area contributed by atoms with Gasteiger partial charge in [0.05, 0.1) is 0 Å². The first-order chi connectivity index (χ1) is 14.8. The van der Waals surface area contributed by atoms with E-state index in [2.05, 4.69) is 32.6 Å². The summed E-state index contributed by atoms with van der Waals surface area (Å²) < 4.78 is 0. The van der Waals surface area contributed by atoms with Gasteiger partial charge in [0.1, 0.15) is 0 Å². The fraction of sp³-hybridized carbons (Fsp3) is 0.933. The molecule has 1 atom stereocenters. The Balaban J connectivity index is 3.27. The van der Waals surface area contributed by atoms with Crippen LogP contribution in [-0.4, -0.2) is 0 Å². The smallest absolute Gasteiger partial charge is 0.00887 e. The van der Waals surface area contributed by atoms with Gasteiger partial charge in [-0.15, -0.1) is 11.8 Å². The van der Waals surface area contributed by atoms with E-state index in [9.17, 15) is 0 Å². The quantitative estimate of drug-likeness (QED) is 0.114. The molecule has 0 heterocycles. The second kappa shape index (κ2) is 26.6. The van der Waals surface area contributed by atoms with E-state index in [1.165, 1.54) is 141 Å². The predicted octanol–water partition coefficient (Wildman–Crippen LogP) is 11.0. The molecule has 0 N–H and O–H groups in total. The van der Waals surface area contributed by atoms with Crippen LogP contribution in [0.2, 0.25) is 0 Å². The van der Waals surface area contributed by atoms with Gasteiger partial charge in [-0.2, -0.15) is 0 Å². The Morgan fingerprint density at radius 1 is 0.400 bits per heavy atom. The lowest BCUT2D eigenvalue weighted by Crippen LogP contribution is -1.98. The van der Waals surface area contributed by atoms with E-state index in [1.807, 2.05) is 0 Å². The molecule has 0 aromatic rings. The predicted molar refractivity (Wildman–Crippen MR) is 139 cm³/mol. The Kier molecular flexibility index (Phi) is 26.2. The van der Waals surface area contributed by atoms with Crippen molar-refractivity contribution in [2.45, 2.75) is 175 Å². The summed E-state index contributed by atoms with van der Waals surface area (Å²) in [5.41, 5.74) is 0. The minimum Gasteiger partial charge on any atom is -0.103 e. The first kappa shape index (κ1) is 29.6. The van der Waals surface area contributed by atoms with Crippen LogP contribution >= 0.6 is 0 Å². The van der Waals surface area contributed by atoms with E-state index >= 15 is 0 Å². The molecule has 1 unspecified atom stereocenters. The van der Waals surface area contributed by atoms with Crippen molar-refractivity contribution in [3.8, 4) is 11.8 Å². The fourth-order valence-corrected chi connectivity index (χ4v) is 4.48. The van der Waals surface area contributed by atoms with Crippen LogP contribution in [-0.2, 0) is 0 Å². The minimum absolute atomic E-state index is 0.953. The van der Waals surface area contributed by atoms with Gasteiger partial charge in [-0.3, -0.25) is 0 Å². The van der Waals surface area contributed by atoms with Gasteiger partial charge in [-0.05, 0) is 25.2 Å². The molecule has 0 aromatic heterocycles. The van der Waals surface area contributed by atoms with Crippen LogP contribution in [0.1, 0.15) is 175 Å². The van der Waals surface area contributed by atoms with Gasteiger partial charge in [-0.25, -0.2) is 0 Å². The standard InChI is InChI=1S/C30H58/c1-4-7-9-11-12-13-14-15-16-17-18-19-20-21-22-23-24-25-27-29-30(6-3)28-26-10-8-5-2/h30H,4-22,25-29H2,1-3H3. The molecule has 0 aliphatic carbocycles. The second-order valence-corrected chi connectivity index (χ2v) is 9.72. The van der Waals surface area contributed by atoms with E-state index in [-0.39, 0.29) is 0 Å². The van der Waals surface area contributed by atoms with Gasteiger partial charge < -0.3 is 0 Å². The Bertz CT molecular complexity index is 358. The summed E-state index contributed by atoms with van der Waals surface area (Å²) in [6.07, 6.45) is 33.5. The average Bonchev–Trinajstić information content (AvgIpc) is 2.76. The second-order valence-electron chi connectivity index (χ2n) is 9.72. The SMILES string of the molecule is CCCCCCCCCCCCCCCCC#CCCCC(CC)CCCCCC. The van der Waals surface area contributed by atoms with E-state index in [4.69, 9.17) is 0 Å². The Labute approximate surface area is 192 Å². The van der Waals surface area contributed by atoms with E-state index in [0.717, 1.165) is 18.8 Å². The van der Waals surface area contributed by atoms with Crippen LogP contribution in [0, 0.1) is 17.8 Å². The summed E-state index contributed by atoms with van der Waals surface area (Å²) in [6, 6.07) is 0. The molecule has 0 aliphatic heterocycles. The zero-order valence-corrected chi connectivity index (χ0v) is 21.5. The van der Waals surface area contributed by atoms with Crippen LogP contribution in [0.5, 0.6) is 0 Å². The van der Waals surface area contributed by atoms with Crippen molar-refractivity contribution in [1.82, 2.24) is 0 Å². The molecule has 0 saturated heterocycles. The summed E-state index contributed by atoms with van der Waals surface area (Å²) in [4.78, 5) is 0. The molecule has 0 nitrogen and oxygen atoms in total. The van der Waals surface area contributed by atoms with Crippen molar-refractivity contribution in [2.24, 2.45) is 5.92 Å². The highest BCUT2D eigenvalue weighted by Crippen LogP contribution is 2.20. The van der Waals surface area contributed by atoms with Crippen LogP contribution in [0.4, 0.5) is 0 Å². The zero-order chi connectivity index (χ0) is 22.0. The average molecular weight is 419 g/mol. The lowest BCUT2D eigenvalue weighted by molar-refractivity contribution is 0.405. The summed E-state index contributed by atoms with van der Waals surface area (Å²) in [5.74, 6) is 7.82. The highest BCUT2D eigenvalue weighted by molar-refractivity contribution is 4.98. The molecule has 0 bridgehead atoms. The summed E-state index contributed by atoms with van der Waals surface area (Å²) in [6.45, 7) is 6.97. The van der Waals surface area contributed by atoms with E-state index in [0.29, 0.717) is 0 Å². The van der Waals surface area contributed by atoms with Crippen molar-refractivity contribution >= 4 is 0 Å². The van der Waals surface area contributed by atoms with E-state index in [1.54, 1.807) is 0 Å². The van der Waals surface area contributed by atoms with Crippen molar-refractivity contribution in [3.63, 3.8) is 0 Å². The van der Waals surface area contributed by atoms with Crippen LogP contribution < -0.4 is 0 Å². The molecule has 0 heteroatoms. The van der Waals surface area contributed by atoms with E-state index < -0.39 is 0 Å². The lowest BCUT2D eigenvalue weighted by Gasteiger charge is -2.13. The molecular weight excluding hydrogens is 360 g/mol. The van der Waals surface area contributed by atoms with Crippen LogP contribution in [0.15, 0.2) is 0 Å². The van der Waals surface area contributed by atoms with Crippen molar-refractivity contribution in [3.05, 3.63) is 0 Å². The molecule has 0 amide bonds. The maximum atomic E-state index is 3.44. The molecule has 0 spiro atoms. The van der Waals surface area contributed by atoms with Gasteiger partial charge in [0.2, 0.25) is 0 Å². The summed E-state index contributed by atoms with van der Waals surface area (Å²) in [5, 5.41) is 0. The topological polar surface area (TPSA) is 0 Å². The van der Waals surface area contributed by atoms with Gasteiger partial charge in [0, 0.05) is 12.8 Å². The van der Waals surface area contributed by atoms with Gasteiger partial charge in [0.15, 0.2) is 0 Å². The first-order valence-electron chi connectivity index (χ1n) is 14.3. The molecule has 178 valence electrons. The van der Waals surface area contributed by atoms with Crippen molar-refractivity contribution in [1.29, 1.82) is 0 Å². The van der Waals surface area contributed by atoms with Crippen LogP contribution in [0.25, 0.3) is 0 Å². The zero-order valence-electron chi connectivity index (χ0n) is 21.5. The monoisotopic (exact) mass is 418 g/mol. The molecule has 0 saturated carbocycles. The van der Waals surface area contributed by atoms with Gasteiger partial charge in [-0.1, -0.05) is 143 Å². The lowest BCUT2D eigenvalue weighted by atomic mass is 9.93. The third kappa shape index (κ3) is 23.8. The number of unbranched alkanes of at least 4 members (excludes halogenated alkanes) is 18. The summed E-state index contributed by atoms with van der Waals surface area (Å²) in [7, 11) is 0. The molecule has 30 heavy (non-hydrogen) atoms. The largest absolute Gasteiger partial charge is 0.103 e. The Hall–Kier alpha value is -0.440. The van der Waals surface area contributed by atoms with Crippen molar-refractivity contribution < 1.29 is 0 Å². The maximum absolute atomic E-state index is 3.44. The van der Waals surface area contributed by atoms with Gasteiger partial charge >= 0.3 is 0 Å². The Morgan fingerprint density at radius 2 is 0.767 bits per heavy atom.